The van der Waals surface area contributed by atoms with E-state index in [0.29, 0.717) is 21.9 Å². The van der Waals surface area contributed by atoms with Crippen LogP contribution in [0.1, 0.15) is 13.3 Å². The van der Waals surface area contributed by atoms with Crippen LogP contribution in [0.15, 0.2) is 71.4 Å². The third kappa shape index (κ3) is 3.36. The summed E-state index contributed by atoms with van der Waals surface area (Å²) in [5.74, 6) is -0.146. The minimum Gasteiger partial charge on any atom is -0.426 e. The second-order valence-corrected chi connectivity index (χ2v) is 7.01. The van der Waals surface area contributed by atoms with Crippen LogP contribution >= 0.6 is 15.9 Å². The molecule has 0 unspecified atom stereocenters. The molecule has 2 heterocycles. The predicted octanol–water partition coefficient (Wildman–Crippen LogP) is 4.64. The molecule has 0 aliphatic heterocycles. The molecule has 0 atom stereocenters. The van der Waals surface area contributed by atoms with E-state index in [0.717, 1.165) is 4.47 Å². The molecule has 0 amide bonds. The van der Waals surface area contributed by atoms with E-state index in [1.807, 2.05) is 6.07 Å². The Kier molecular flexibility index (Phi) is 4.60. The zero-order valence-electron chi connectivity index (χ0n) is 14.7. The van der Waals surface area contributed by atoms with Crippen LogP contribution in [0.5, 0.6) is 5.75 Å². The SMILES string of the molecule is CCC(=O)Oc1ccc2c(-c3cc4cc(Br)ccc4oc3=O)cc(=O)oc2c1. The molecule has 4 aromatic rings. The van der Waals surface area contributed by atoms with E-state index in [1.54, 1.807) is 37.3 Å². The van der Waals surface area contributed by atoms with Crippen LogP contribution in [0.4, 0.5) is 0 Å². The van der Waals surface area contributed by atoms with Crippen molar-refractivity contribution in [3.63, 3.8) is 0 Å². The molecule has 140 valence electrons. The molecular weight excluding hydrogens is 428 g/mol. The van der Waals surface area contributed by atoms with E-state index >= 15 is 0 Å². The second kappa shape index (κ2) is 7.09. The van der Waals surface area contributed by atoms with Gasteiger partial charge in [-0.3, -0.25) is 4.79 Å². The molecule has 4 rings (SSSR count). The van der Waals surface area contributed by atoms with E-state index in [4.69, 9.17) is 13.6 Å². The molecule has 0 radical (unpaired) electrons. The van der Waals surface area contributed by atoms with Gasteiger partial charge in [-0.15, -0.1) is 0 Å². The van der Waals surface area contributed by atoms with Crippen LogP contribution in [0, 0.1) is 0 Å². The highest BCUT2D eigenvalue weighted by molar-refractivity contribution is 9.10. The number of benzene rings is 2. The first-order valence-corrected chi connectivity index (χ1v) is 9.26. The van der Waals surface area contributed by atoms with Crippen LogP contribution in [0.3, 0.4) is 0 Å². The summed E-state index contributed by atoms with van der Waals surface area (Å²) in [5, 5.41) is 1.23. The Bertz CT molecular complexity index is 1350. The van der Waals surface area contributed by atoms with Crippen molar-refractivity contribution in [1.82, 2.24) is 0 Å². The number of halogens is 1. The van der Waals surface area contributed by atoms with Crippen LogP contribution in [-0.2, 0) is 4.79 Å². The van der Waals surface area contributed by atoms with E-state index in [2.05, 4.69) is 15.9 Å². The highest BCUT2D eigenvalue weighted by Crippen LogP contribution is 2.30. The van der Waals surface area contributed by atoms with Crippen molar-refractivity contribution < 1.29 is 18.4 Å². The van der Waals surface area contributed by atoms with Crippen LogP contribution < -0.4 is 16.0 Å². The fourth-order valence-electron chi connectivity index (χ4n) is 2.92. The lowest BCUT2D eigenvalue weighted by molar-refractivity contribution is -0.134. The highest BCUT2D eigenvalue weighted by atomic mass is 79.9. The molecule has 0 aliphatic carbocycles. The van der Waals surface area contributed by atoms with Gasteiger partial charge in [-0.2, -0.15) is 0 Å². The molecule has 0 saturated carbocycles. The molecule has 2 aromatic carbocycles. The Balaban J connectivity index is 1.94. The van der Waals surface area contributed by atoms with Crippen molar-refractivity contribution in [2.75, 3.05) is 0 Å². The Morgan fingerprint density at radius 2 is 1.79 bits per heavy atom. The van der Waals surface area contributed by atoms with Gasteiger partial charge in [0.05, 0.1) is 5.56 Å². The summed E-state index contributed by atoms with van der Waals surface area (Å²) in [4.78, 5) is 36.1. The van der Waals surface area contributed by atoms with E-state index in [1.165, 1.54) is 12.1 Å². The molecule has 28 heavy (non-hydrogen) atoms. The molecule has 0 saturated heterocycles. The molecule has 0 fully saturated rings. The van der Waals surface area contributed by atoms with Crippen molar-refractivity contribution in [3.05, 3.63) is 73.8 Å². The van der Waals surface area contributed by atoms with Gasteiger partial charge in [0, 0.05) is 39.4 Å². The lowest BCUT2D eigenvalue weighted by Crippen LogP contribution is -2.07. The van der Waals surface area contributed by atoms with Gasteiger partial charge >= 0.3 is 17.2 Å². The summed E-state index contributed by atoms with van der Waals surface area (Å²) >= 11 is 3.39. The van der Waals surface area contributed by atoms with Gasteiger partial charge in [0.2, 0.25) is 0 Å². The monoisotopic (exact) mass is 440 g/mol. The van der Waals surface area contributed by atoms with Crippen molar-refractivity contribution in [3.8, 4) is 16.9 Å². The quantitative estimate of drug-likeness (QED) is 0.262. The number of carbonyl (C=O) groups is 1. The summed E-state index contributed by atoms with van der Waals surface area (Å²) in [6.45, 7) is 1.68. The first-order chi connectivity index (χ1) is 13.4. The number of ether oxygens (including phenoxy) is 1. The Labute approximate surface area is 166 Å². The minimum atomic E-state index is -0.629. The lowest BCUT2D eigenvalue weighted by Gasteiger charge is -2.08. The first kappa shape index (κ1) is 18.2. The van der Waals surface area contributed by atoms with Crippen LogP contribution in [0.25, 0.3) is 33.1 Å². The second-order valence-electron chi connectivity index (χ2n) is 6.09. The van der Waals surface area contributed by atoms with Gasteiger partial charge in [-0.05, 0) is 36.4 Å². The molecule has 0 spiro atoms. The molecule has 0 aliphatic rings. The van der Waals surface area contributed by atoms with Crippen molar-refractivity contribution >= 4 is 43.8 Å². The number of esters is 1. The maximum Gasteiger partial charge on any atom is 0.344 e. The summed E-state index contributed by atoms with van der Waals surface area (Å²) in [6.07, 6.45) is 0.218. The zero-order chi connectivity index (χ0) is 19.8. The molecule has 2 aromatic heterocycles. The lowest BCUT2D eigenvalue weighted by atomic mass is 10.0. The standard InChI is InChI=1S/C21H13BrO6/c1-2-19(23)26-13-4-5-14-15(10-20(24)27-18(14)9-13)16-8-11-7-12(22)3-6-17(11)28-21(16)25/h3-10H,2H2,1H3. The Morgan fingerprint density at radius 3 is 2.57 bits per heavy atom. The van der Waals surface area contributed by atoms with Crippen LogP contribution in [0.2, 0.25) is 0 Å². The summed E-state index contributed by atoms with van der Waals surface area (Å²) < 4.78 is 16.6. The van der Waals surface area contributed by atoms with Crippen molar-refractivity contribution in [2.24, 2.45) is 0 Å². The number of rotatable bonds is 3. The summed E-state index contributed by atoms with van der Waals surface area (Å²) in [5.41, 5.74) is 0.0751. The van der Waals surface area contributed by atoms with Gasteiger partial charge in [0.25, 0.3) is 0 Å². The third-order valence-corrected chi connectivity index (χ3v) is 4.71. The van der Waals surface area contributed by atoms with E-state index in [9.17, 15) is 14.4 Å². The average molecular weight is 441 g/mol. The first-order valence-electron chi connectivity index (χ1n) is 8.47. The number of hydrogen-bond acceptors (Lipinski definition) is 6. The number of carbonyl (C=O) groups excluding carboxylic acids is 1. The fourth-order valence-corrected chi connectivity index (χ4v) is 3.29. The fraction of sp³-hybridized carbons (Fsp3) is 0.0952. The largest absolute Gasteiger partial charge is 0.426 e. The predicted molar refractivity (Wildman–Crippen MR) is 108 cm³/mol. The van der Waals surface area contributed by atoms with Crippen molar-refractivity contribution in [1.29, 1.82) is 0 Å². The van der Waals surface area contributed by atoms with Crippen molar-refractivity contribution in [2.45, 2.75) is 13.3 Å². The third-order valence-electron chi connectivity index (χ3n) is 4.22. The van der Waals surface area contributed by atoms with Gasteiger partial charge < -0.3 is 13.6 Å². The number of fused-ring (bicyclic) bond motifs is 2. The zero-order valence-corrected chi connectivity index (χ0v) is 16.2. The molecule has 7 heteroatoms. The maximum absolute atomic E-state index is 12.5. The summed E-state index contributed by atoms with van der Waals surface area (Å²) in [7, 11) is 0. The molecule has 6 nitrogen and oxygen atoms in total. The molecule has 0 N–H and O–H groups in total. The van der Waals surface area contributed by atoms with Crippen LogP contribution in [-0.4, -0.2) is 5.97 Å². The maximum atomic E-state index is 12.5. The Hall–Kier alpha value is -3.19. The number of hydrogen-bond donors (Lipinski definition) is 0. The topological polar surface area (TPSA) is 86.7 Å². The highest BCUT2D eigenvalue weighted by Gasteiger charge is 2.15. The molecule has 0 bridgehead atoms. The molecular formula is C21H13BrO6. The van der Waals surface area contributed by atoms with Gasteiger partial charge in [0.15, 0.2) is 0 Å². The normalized spacial score (nSPS) is 11.1. The van der Waals surface area contributed by atoms with Gasteiger partial charge in [0.1, 0.15) is 16.9 Å². The Morgan fingerprint density at radius 1 is 0.964 bits per heavy atom. The van der Waals surface area contributed by atoms with E-state index in [-0.39, 0.29) is 23.3 Å². The minimum absolute atomic E-state index is 0.206. The van der Waals surface area contributed by atoms with Gasteiger partial charge in [-0.25, -0.2) is 9.59 Å². The average Bonchev–Trinajstić information content (AvgIpc) is 2.66. The smallest absolute Gasteiger partial charge is 0.344 e. The van der Waals surface area contributed by atoms with Gasteiger partial charge in [-0.1, -0.05) is 22.9 Å². The van der Waals surface area contributed by atoms with E-state index < -0.39 is 17.2 Å². The summed E-state index contributed by atoms with van der Waals surface area (Å²) in [6, 6.07) is 12.9.